The van der Waals surface area contributed by atoms with Gasteiger partial charge < -0.3 is 15.0 Å². The Labute approximate surface area is 205 Å². The van der Waals surface area contributed by atoms with Crippen molar-refractivity contribution in [1.29, 1.82) is 0 Å². The smallest absolute Gasteiger partial charge is 0.368 e. The minimum absolute atomic E-state index is 0.0532. The van der Waals surface area contributed by atoms with Gasteiger partial charge in [0.2, 0.25) is 0 Å². The average Bonchev–Trinajstić information content (AvgIpc) is 2.85. The maximum atomic E-state index is 14.8. The maximum absolute atomic E-state index is 14.8. The van der Waals surface area contributed by atoms with Crippen molar-refractivity contribution < 1.29 is 34.2 Å². The molecule has 0 spiro atoms. The number of morpholine rings is 1. The Bertz CT molecular complexity index is 1310. The largest absolute Gasteiger partial charge is 0.417 e. The van der Waals surface area contributed by atoms with Crippen LogP contribution in [0.4, 0.5) is 27.8 Å². The molecule has 4 heterocycles. The molecule has 1 fully saturated rings. The van der Waals surface area contributed by atoms with Gasteiger partial charge in [0, 0.05) is 30.8 Å². The van der Waals surface area contributed by atoms with Crippen LogP contribution in [0.3, 0.4) is 0 Å². The number of carbonyl (C=O) groups excluding carboxylic acids is 1. The van der Waals surface area contributed by atoms with Gasteiger partial charge in [-0.1, -0.05) is 0 Å². The van der Waals surface area contributed by atoms with Crippen molar-refractivity contribution in [3.63, 3.8) is 0 Å². The van der Waals surface area contributed by atoms with Gasteiger partial charge in [0.1, 0.15) is 18.0 Å². The molecule has 3 aromatic rings. The molecule has 1 N–H and O–H groups in total. The molecule has 0 saturated carbocycles. The van der Waals surface area contributed by atoms with E-state index in [1.54, 1.807) is 13.0 Å². The molecule has 0 unspecified atom stereocenters. The SMILES string of the molecule is [2H]C1([2H])N(C(=O)c2nc(C)ccc2-c2ncccn2)[C@H](CNc2ccc(C(F)(F)F)cn2)[C@H](C)OC1(F)F. The number of hydrogen-bond donors (Lipinski definition) is 1. The Morgan fingerprint density at radius 3 is 2.58 bits per heavy atom. The number of alkyl halides is 5. The highest BCUT2D eigenvalue weighted by Crippen LogP contribution is 2.32. The molecule has 1 aliphatic rings. The molecule has 2 atom stereocenters. The van der Waals surface area contributed by atoms with Crippen LogP contribution in [-0.4, -0.2) is 62.0 Å². The Morgan fingerprint density at radius 2 is 1.94 bits per heavy atom. The molecular formula is C23H21F5N6O2. The van der Waals surface area contributed by atoms with E-state index >= 15 is 0 Å². The molecule has 0 aliphatic carbocycles. The highest BCUT2D eigenvalue weighted by molar-refractivity contribution is 5.98. The van der Waals surface area contributed by atoms with E-state index < -0.39 is 42.4 Å². The molecule has 0 radical (unpaired) electrons. The van der Waals surface area contributed by atoms with Crippen LogP contribution >= 0.6 is 0 Å². The van der Waals surface area contributed by atoms with Gasteiger partial charge in [-0.3, -0.25) is 4.79 Å². The van der Waals surface area contributed by atoms with Gasteiger partial charge in [-0.2, -0.15) is 22.0 Å². The molecule has 190 valence electrons. The van der Waals surface area contributed by atoms with Crippen molar-refractivity contribution in [1.82, 2.24) is 24.8 Å². The number of rotatable bonds is 5. The van der Waals surface area contributed by atoms with Gasteiger partial charge >= 0.3 is 12.3 Å². The predicted molar refractivity (Wildman–Crippen MR) is 118 cm³/mol. The standard InChI is InChI=1S/C23H21F5N6O2/c1-13-4-6-16(20-29-8-3-9-30-20)19(33-13)21(35)34-12-22(24,25)36-14(2)17(34)11-32-18-7-5-15(10-31-18)23(26,27)28/h3-10,14,17H,11-12H2,1-2H3,(H,31,32)/t14-,17+/m0/s1/i12D2. The summed E-state index contributed by atoms with van der Waals surface area (Å²) in [6.07, 6.45) is -7.00. The van der Waals surface area contributed by atoms with Crippen molar-refractivity contribution in [2.45, 2.75) is 38.3 Å². The van der Waals surface area contributed by atoms with Crippen LogP contribution < -0.4 is 5.32 Å². The third-order valence-corrected chi connectivity index (χ3v) is 5.30. The second kappa shape index (κ2) is 9.72. The van der Waals surface area contributed by atoms with E-state index in [0.29, 0.717) is 16.8 Å². The number of nitrogens with one attached hydrogen (secondary N) is 1. The van der Waals surface area contributed by atoms with Gasteiger partial charge in [-0.25, -0.2) is 19.9 Å². The average molecular weight is 510 g/mol. The molecule has 0 aromatic carbocycles. The molecule has 0 bridgehead atoms. The van der Waals surface area contributed by atoms with Gasteiger partial charge in [0.15, 0.2) is 5.82 Å². The highest BCUT2D eigenvalue weighted by Gasteiger charge is 2.48. The molecule has 1 saturated heterocycles. The summed E-state index contributed by atoms with van der Waals surface area (Å²) in [4.78, 5) is 30.1. The van der Waals surface area contributed by atoms with Gasteiger partial charge in [0.05, 0.1) is 26.0 Å². The maximum Gasteiger partial charge on any atom is 0.417 e. The first-order chi connectivity index (χ1) is 17.7. The summed E-state index contributed by atoms with van der Waals surface area (Å²) < 4.78 is 89.1. The topological polar surface area (TPSA) is 93.1 Å². The lowest BCUT2D eigenvalue weighted by molar-refractivity contribution is -0.298. The first-order valence-electron chi connectivity index (χ1n) is 11.6. The second-order valence-electron chi connectivity index (χ2n) is 7.93. The van der Waals surface area contributed by atoms with E-state index in [9.17, 15) is 26.7 Å². The number of carbonyl (C=O) groups is 1. The third kappa shape index (κ3) is 5.56. The predicted octanol–water partition coefficient (Wildman–Crippen LogP) is 4.20. The van der Waals surface area contributed by atoms with E-state index in [-0.39, 0.29) is 29.4 Å². The summed E-state index contributed by atoms with van der Waals surface area (Å²) in [5.41, 5.74) is -0.908. The van der Waals surface area contributed by atoms with E-state index in [2.05, 4.69) is 30.0 Å². The second-order valence-corrected chi connectivity index (χ2v) is 7.93. The Kier molecular flexibility index (Phi) is 6.13. The van der Waals surface area contributed by atoms with Crippen molar-refractivity contribution in [3.8, 4) is 11.4 Å². The van der Waals surface area contributed by atoms with Gasteiger partial charge in [0.25, 0.3) is 5.91 Å². The number of amides is 1. The van der Waals surface area contributed by atoms with Crippen LogP contribution in [0.2, 0.25) is 0 Å². The van der Waals surface area contributed by atoms with Crippen LogP contribution in [0.25, 0.3) is 11.4 Å². The number of aryl methyl sites for hydroxylation is 1. The molecule has 1 amide bonds. The zero-order valence-corrected chi connectivity index (χ0v) is 18.9. The van der Waals surface area contributed by atoms with Crippen molar-refractivity contribution >= 4 is 11.7 Å². The number of hydrogen-bond acceptors (Lipinski definition) is 7. The van der Waals surface area contributed by atoms with Crippen LogP contribution in [0.15, 0.2) is 48.9 Å². The lowest BCUT2D eigenvalue weighted by Crippen LogP contribution is -2.61. The third-order valence-electron chi connectivity index (χ3n) is 5.30. The number of aromatic nitrogens is 4. The number of ether oxygens (including phenoxy) is 1. The first-order valence-corrected chi connectivity index (χ1v) is 10.6. The zero-order chi connectivity index (χ0) is 27.9. The Hall–Kier alpha value is -3.74. The molecular weight excluding hydrogens is 487 g/mol. The molecule has 4 rings (SSSR count). The number of anilines is 1. The van der Waals surface area contributed by atoms with Crippen LogP contribution in [0.5, 0.6) is 0 Å². The lowest BCUT2D eigenvalue weighted by Gasteiger charge is -2.43. The van der Waals surface area contributed by atoms with Gasteiger partial charge in [-0.05, 0) is 44.2 Å². The van der Waals surface area contributed by atoms with E-state index in [1.165, 1.54) is 31.5 Å². The van der Waals surface area contributed by atoms with Crippen molar-refractivity contribution in [3.05, 3.63) is 65.9 Å². The van der Waals surface area contributed by atoms with Crippen LogP contribution in [0.1, 0.15) is 31.4 Å². The number of pyridine rings is 2. The number of halogens is 5. The van der Waals surface area contributed by atoms with E-state index in [0.717, 1.165) is 12.1 Å². The Balaban J connectivity index is 1.72. The summed E-state index contributed by atoms with van der Waals surface area (Å²) in [6.45, 7) is -1.23. The van der Waals surface area contributed by atoms with Crippen molar-refractivity contribution in [2.75, 3.05) is 18.4 Å². The summed E-state index contributed by atoms with van der Waals surface area (Å²) >= 11 is 0. The zero-order valence-electron chi connectivity index (χ0n) is 20.9. The summed E-state index contributed by atoms with van der Waals surface area (Å²) in [5, 5.41) is 2.67. The fraction of sp³-hybridized carbons (Fsp3) is 0.348. The van der Waals surface area contributed by atoms with Crippen LogP contribution in [-0.2, 0) is 10.9 Å². The molecule has 3 aromatic heterocycles. The fourth-order valence-corrected chi connectivity index (χ4v) is 3.56. The normalized spacial score (nSPS) is 21.9. The molecule has 13 heteroatoms. The lowest BCUT2D eigenvalue weighted by atomic mass is 10.0. The Morgan fingerprint density at radius 1 is 1.22 bits per heavy atom. The quantitative estimate of drug-likeness (QED) is 0.515. The summed E-state index contributed by atoms with van der Waals surface area (Å²) in [6, 6.07) is 5.01. The molecule has 8 nitrogen and oxygen atoms in total. The fourth-order valence-electron chi connectivity index (χ4n) is 3.56. The first kappa shape index (κ1) is 22.7. The van der Waals surface area contributed by atoms with Crippen molar-refractivity contribution in [2.24, 2.45) is 0 Å². The highest BCUT2D eigenvalue weighted by atomic mass is 19.4. The van der Waals surface area contributed by atoms with E-state index in [4.69, 9.17) is 2.74 Å². The number of nitrogens with zero attached hydrogens (tertiary/aromatic N) is 5. The summed E-state index contributed by atoms with van der Waals surface area (Å²) in [7, 11) is 0. The summed E-state index contributed by atoms with van der Waals surface area (Å²) in [5.74, 6) is -1.16. The van der Waals surface area contributed by atoms with Crippen LogP contribution in [0, 0.1) is 6.92 Å². The molecule has 1 aliphatic heterocycles. The van der Waals surface area contributed by atoms with Gasteiger partial charge in [-0.15, -0.1) is 0 Å². The minimum atomic E-state index is -4.61. The molecule has 36 heavy (non-hydrogen) atoms. The van der Waals surface area contributed by atoms with E-state index in [1.807, 2.05) is 0 Å². The minimum Gasteiger partial charge on any atom is -0.368 e. The monoisotopic (exact) mass is 510 g/mol.